The van der Waals surface area contributed by atoms with Crippen LogP contribution in [-0.4, -0.2) is 23.9 Å². The summed E-state index contributed by atoms with van der Waals surface area (Å²) >= 11 is 0. The first-order chi connectivity index (χ1) is 12.2. The number of carbonyl (C=O) groups excluding carboxylic acids is 1. The molecule has 1 aliphatic rings. The molecule has 1 fully saturated rings. The predicted molar refractivity (Wildman–Crippen MR) is 107 cm³/mol. The third-order valence-corrected chi connectivity index (χ3v) is 5.02. The number of fused-ring (bicyclic) bond motifs is 1. The van der Waals surface area contributed by atoms with Crippen LogP contribution in [0.5, 0.6) is 0 Å². The highest BCUT2D eigenvalue weighted by Crippen LogP contribution is 2.26. The minimum atomic E-state index is -0.0204. The van der Waals surface area contributed by atoms with Crippen molar-refractivity contribution in [3.8, 4) is 0 Å². The molecule has 4 rings (SSSR count). The number of furan rings is 1. The summed E-state index contributed by atoms with van der Waals surface area (Å²) in [5, 5.41) is 0.877. The molecule has 2 aromatic carbocycles. The standard InChI is InChI=1S/C21H22N2O2.ClH/c22-18-6-7-19-17(13-18)14-20(25-19)21(24)23-10-8-16(9-11-23)12-15-4-2-1-3-5-15;/h1-7,13-14,16H,8-12,22H2;1H. The highest BCUT2D eigenvalue weighted by molar-refractivity contribution is 5.96. The number of rotatable bonds is 3. The van der Waals surface area contributed by atoms with E-state index >= 15 is 0 Å². The quantitative estimate of drug-likeness (QED) is 0.689. The summed E-state index contributed by atoms with van der Waals surface area (Å²) in [6.45, 7) is 1.57. The molecular formula is C21H23ClN2O2. The smallest absolute Gasteiger partial charge is 0.289 e. The number of piperidine rings is 1. The van der Waals surface area contributed by atoms with Gasteiger partial charge in [-0.05, 0) is 55.0 Å². The monoisotopic (exact) mass is 370 g/mol. The van der Waals surface area contributed by atoms with Gasteiger partial charge in [-0.1, -0.05) is 30.3 Å². The third-order valence-electron chi connectivity index (χ3n) is 5.02. The second-order valence-corrected chi connectivity index (χ2v) is 6.83. The Morgan fingerprint density at radius 1 is 1.08 bits per heavy atom. The fraction of sp³-hybridized carbons (Fsp3) is 0.286. The number of amides is 1. The van der Waals surface area contributed by atoms with Crippen molar-refractivity contribution in [3.63, 3.8) is 0 Å². The van der Waals surface area contributed by atoms with E-state index in [1.807, 2.05) is 23.1 Å². The average molecular weight is 371 g/mol. The van der Waals surface area contributed by atoms with Crippen LogP contribution in [0.25, 0.3) is 11.0 Å². The number of hydrogen-bond donors (Lipinski definition) is 1. The average Bonchev–Trinajstić information content (AvgIpc) is 3.06. The molecule has 0 radical (unpaired) electrons. The van der Waals surface area contributed by atoms with E-state index in [-0.39, 0.29) is 18.3 Å². The normalized spacial score (nSPS) is 15.0. The molecule has 1 amide bonds. The van der Waals surface area contributed by atoms with Crippen LogP contribution in [-0.2, 0) is 6.42 Å². The highest BCUT2D eigenvalue weighted by atomic mass is 35.5. The maximum atomic E-state index is 12.7. The first-order valence-electron chi connectivity index (χ1n) is 8.81. The lowest BCUT2D eigenvalue weighted by Crippen LogP contribution is -2.38. The highest BCUT2D eigenvalue weighted by Gasteiger charge is 2.25. The van der Waals surface area contributed by atoms with Crippen molar-refractivity contribution < 1.29 is 9.21 Å². The molecule has 2 heterocycles. The lowest BCUT2D eigenvalue weighted by Gasteiger charge is -2.31. The Labute approximate surface area is 159 Å². The van der Waals surface area contributed by atoms with Crippen molar-refractivity contribution in [2.24, 2.45) is 5.92 Å². The zero-order valence-corrected chi connectivity index (χ0v) is 15.4. The van der Waals surface area contributed by atoms with Gasteiger partial charge in [0, 0.05) is 24.2 Å². The van der Waals surface area contributed by atoms with E-state index in [0.29, 0.717) is 22.9 Å². The summed E-state index contributed by atoms with van der Waals surface area (Å²) < 4.78 is 5.71. The Morgan fingerprint density at radius 3 is 2.54 bits per heavy atom. The fourth-order valence-corrected chi connectivity index (χ4v) is 3.61. The van der Waals surface area contributed by atoms with Gasteiger partial charge in [-0.25, -0.2) is 0 Å². The van der Waals surface area contributed by atoms with Crippen molar-refractivity contribution in [2.75, 3.05) is 18.8 Å². The van der Waals surface area contributed by atoms with Gasteiger partial charge < -0.3 is 15.1 Å². The Bertz CT molecular complexity index is 883. The van der Waals surface area contributed by atoms with Crippen LogP contribution in [0, 0.1) is 5.92 Å². The first kappa shape index (κ1) is 18.3. The van der Waals surface area contributed by atoms with Crippen LogP contribution in [0.3, 0.4) is 0 Å². The van der Waals surface area contributed by atoms with Gasteiger partial charge in [-0.2, -0.15) is 0 Å². The van der Waals surface area contributed by atoms with Gasteiger partial charge in [0.05, 0.1) is 0 Å². The first-order valence-corrected chi connectivity index (χ1v) is 8.81. The fourth-order valence-electron chi connectivity index (χ4n) is 3.61. The summed E-state index contributed by atoms with van der Waals surface area (Å²) in [5.41, 5.74) is 8.55. The van der Waals surface area contributed by atoms with Crippen LogP contribution in [0.15, 0.2) is 59.0 Å². The van der Waals surface area contributed by atoms with E-state index in [0.717, 1.165) is 37.7 Å². The van der Waals surface area contributed by atoms with Crippen LogP contribution in [0.1, 0.15) is 29.0 Å². The molecular weight excluding hydrogens is 348 g/mol. The number of hydrogen-bond acceptors (Lipinski definition) is 3. The van der Waals surface area contributed by atoms with Gasteiger partial charge in [-0.3, -0.25) is 4.79 Å². The Kier molecular flexibility index (Phi) is 5.52. The number of nitrogens with two attached hydrogens (primary N) is 1. The number of benzene rings is 2. The Morgan fingerprint density at radius 2 is 1.81 bits per heavy atom. The molecule has 3 aromatic rings. The molecule has 0 spiro atoms. The molecule has 0 atom stereocenters. The zero-order chi connectivity index (χ0) is 17.2. The number of halogens is 1. The van der Waals surface area contributed by atoms with Gasteiger partial charge in [0.1, 0.15) is 5.58 Å². The minimum Gasteiger partial charge on any atom is -0.451 e. The Balaban J connectivity index is 0.00000196. The molecule has 136 valence electrons. The van der Waals surface area contributed by atoms with Gasteiger partial charge in [-0.15, -0.1) is 12.4 Å². The molecule has 0 aliphatic carbocycles. The minimum absolute atomic E-state index is 0. The summed E-state index contributed by atoms with van der Waals surface area (Å²) in [4.78, 5) is 14.6. The van der Waals surface area contributed by atoms with Gasteiger partial charge >= 0.3 is 0 Å². The van der Waals surface area contributed by atoms with Crippen molar-refractivity contribution >= 4 is 35.0 Å². The van der Waals surface area contributed by atoms with Crippen molar-refractivity contribution in [2.45, 2.75) is 19.3 Å². The lowest BCUT2D eigenvalue weighted by atomic mass is 9.90. The largest absolute Gasteiger partial charge is 0.451 e. The van der Waals surface area contributed by atoms with E-state index in [2.05, 4.69) is 24.3 Å². The van der Waals surface area contributed by atoms with Crippen LogP contribution >= 0.6 is 12.4 Å². The third kappa shape index (κ3) is 3.86. The number of nitrogen functional groups attached to an aromatic ring is 1. The second-order valence-electron chi connectivity index (χ2n) is 6.83. The molecule has 1 aromatic heterocycles. The van der Waals surface area contributed by atoms with Crippen LogP contribution < -0.4 is 5.73 Å². The molecule has 2 N–H and O–H groups in total. The maximum absolute atomic E-state index is 12.7. The van der Waals surface area contributed by atoms with Crippen LogP contribution in [0.4, 0.5) is 5.69 Å². The number of likely N-dealkylation sites (tertiary alicyclic amines) is 1. The number of nitrogens with zero attached hydrogens (tertiary/aromatic N) is 1. The van der Waals surface area contributed by atoms with E-state index in [4.69, 9.17) is 10.2 Å². The molecule has 1 aliphatic heterocycles. The Hall–Kier alpha value is -2.46. The van der Waals surface area contributed by atoms with E-state index in [1.54, 1.807) is 12.1 Å². The van der Waals surface area contributed by atoms with Crippen molar-refractivity contribution in [3.05, 3.63) is 65.9 Å². The predicted octanol–water partition coefficient (Wildman–Crippen LogP) is 4.53. The van der Waals surface area contributed by atoms with Gasteiger partial charge in [0.25, 0.3) is 5.91 Å². The molecule has 26 heavy (non-hydrogen) atoms. The molecule has 5 heteroatoms. The van der Waals surface area contributed by atoms with E-state index < -0.39 is 0 Å². The second kappa shape index (κ2) is 7.83. The van der Waals surface area contributed by atoms with Gasteiger partial charge in [0.15, 0.2) is 5.76 Å². The number of anilines is 1. The summed E-state index contributed by atoms with van der Waals surface area (Å²) in [6.07, 6.45) is 3.16. The molecule has 4 nitrogen and oxygen atoms in total. The summed E-state index contributed by atoms with van der Waals surface area (Å²) in [7, 11) is 0. The topological polar surface area (TPSA) is 59.5 Å². The van der Waals surface area contributed by atoms with Gasteiger partial charge in [0.2, 0.25) is 0 Å². The van der Waals surface area contributed by atoms with E-state index in [1.165, 1.54) is 5.56 Å². The number of carbonyl (C=O) groups is 1. The lowest BCUT2D eigenvalue weighted by molar-refractivity contribution is 0.0661. The summed E-state index contributed by atoms with van der Waals surface area (Å²) in [6, 6.07) is 17.8. The van der Waals surface area contributed by atoms with Crippen LogP contribution in [0.2, 0.25) is 0 Å². The summed E-state index contributed by atoms with van der Waals surface area (Å²) in [5.74, 6) is 1.02. The van der Waals surface area contributed by atoms with E-state index in [9.17, 15) is 4.79 Å². The molecule has 1 saturated heterocycles. The zero-order valence-electron chi connectivity index (χ0n) is 14.6. The van der Waals surface area contributed by atoms with Crippen molar-refractivity contribution in [1.82, 2.24) is 4.90 Å². The SMILES string of the molecule is Cl.Nc1ccc2oc(C(=O)N3CCC(Cc4ccccc4)CC3)cc2c1. The molecule has 0 bridgehead atoms. The maximum Gasteiger partial charge on any atom is 0.289 e. The van der Waals surface area contributed by atoms with Crippen molar-refractivity contribution in [1.29, 1.82) is 0 Å². The molecule has 0 saturated carbocycles. The molecule has 0 unspecified atom stereocenters.